The Bertz CT molecular complexity index is 850. The molecule has 0 fully saturated rings. The van der Waals surface area contributed by atoms with Crippen LogP contribution in [0.2, 0.25) is 0 Å². The summed E-state index contributed by atoms with van der Waals surface area (Å²) in [4.78, 5) is 13.1. The molecule has 136 valence electrons. The Morgan fingerprint density at radius 2 is 1.35 bits per heavy atom. The summed E-state index contributed by atoms with van der Waals surface area (Å²) >= 11 is 0. The zero-order valence-corrected chi connectivity index (χ0v) is 16.1. The molecule has 3 aromatic carbocycles. The molecule has 1 N–H and O–H groups in total. The van der Waals surface area contributed by atoms with Gasteiger partial charge in [0.25, 0.3) is 5.91 Å². The van der Waals surface area contributed by atoms with E-state index in [0.717, 1.165) is 57.8 Å². The van der Waals surface area contributed by atoms with E-state index < -0.39 is 0 Å². The number of likely N-dealkylation sites (N-methyl/N-ethyl adjacent to an activating group) is 1. The fraction of sp³-hybridized carbons (Fsp3) is 0.348. The van der Waals surface area contributed by atoms with E-state index in [1.54, 1.807) is 0 Å². The van der Waals surface area contributed by atoms with Gasteiger partial charge in [0.05, 0.1) is 38.3 Å². The lowest BCUT2D eigenvalue weighted by molar-refractivity contribution is -0.922. The summed E-state index contributed by atoms with van der Waals surface area (Å²) in [7, 11) is 0. The van der Waals surface area contributed by atoms with Crippen LogP contribution in [0, 0.1) is 0 Å². The first-order chi connectivity index (χ1) is 12.6. The largest absolute Gasteiger partial charge is 0.346 e. The molecule has 1 amide bonds. The van der Waals surface area contributed by atoms with Crippen molar-refractivity contribution in [3.63, 3.8) is 0 Å². The van der Waals surface area contributed by atoms with Crippen molar-refractivity contribution in [3.05, 3.63) is 60.2 Å². The number of quaternary nitrogens is 1. The third kappa shape index (κ3) is 3.45. The normalized spacial score (nSPS) is 11.8. The van der Waals surface area contributed by atoms with Crippen molar-refractivity contribution in [1.82, 2.24) is 5.32 Å². The highest BCUT2D eigenvalue weighted by Crippen LogP contribution is 2.28. The molecule has 0 saturated carbocycles. The molecule has 26 heavy (non-hydrogen) atoms. The molecular formula is C23H29N2O+. The fourth-order valence-electron chi connectivity index (χ4n) is 3.90. The molecular weight excluding hydrogens is 320 g/mol. The van der Waals surface area contributed by atoms with Crippen LogP contribution < -0.4 is 5.32 Å². The number of hydrogen-bond acceptors (Lipinski definition) is 1. The van der Waals surface area contributed by atoms with E-state index in [1.807, 2.05) is 36.4 Å². The highest BCUT2D eigenvalue weighted by molar-refractivity contribution is 6.18. The summed E-state index contributed by atoms with van der Waals surface area (Å²) in [5.74, 6) is 0.0272. The topological polar surface area (TPSA) is 29.1 Å². The lowest BCUT2D eigenvalue weighted by atomic mass is 9.96. The summed E-state index contributed by atoms with van der Waals surface area (Å²) < 4.78 is 1.04. The van der Waals surface area contributed by atoms with Gasteiger partial charge in [0, 0.05) is 0 Å². The van der Waals surface area contributed by atoms with Crippen LogP contribution in [-0.2, 0) is 0 Å². The summed E-state index contributed by atoms with van der Waals surface area (Å²) in [6.07, 6.45) is 0. The second-order valence-corrected chi connectivity index (χ2v) is 6.96. The minimum absolute atomic E-state index is 0.0272. The average molecular weight is 349 g/mol. The Balaban J connectivity index is 1.92. The zero-order chi connectivity index (χ0) is 18.6. The Kier molecular flexibility index (Phi) is 5.58. The summed E-state index contributed by atoms with van der Waals surface area (Å²) in [5, 5.41) is 7.44. The van der Waals surface area contributed by atoms with Crippen molar-refractivity contribution in [2.24, 2.45) is 0 Å². The molecule has 3 nitrogen and oxygen atoms in total. The quantitative estimate of drug-likeness (QED) is 0.490. The number of nitrogens with zero attached hydrogens (tertiary/aromatic N) is 1. The molecule has 0 aromatic heterocycles. The smallest absolute Gasteiger partial charge is 0.252 e. The molecule has 3 rings (SSSR count). The number of carbonyl (C=O) groups excluding carboxylic acids is 1. The van der Waals surface area contributed by atoms with Crippen LogP contribution in [0.25, 0.3) is 21.5 Å². The van der Waals surface area contributed by atoms with Crippen molar-refractivity contribution in [2.45, 2.75) is 20.8 Å². The van der Waals surface area contributed by atoms with Crippen molar-refractivity contribution in [1.29, 1.82) is 0 Å². The van der Waals surface area contributed by atoms with Crippen LogP contribution in [-0.4, -0.2) is 43.1 Å². The van der Waals surface area contributed by atoms with Crippen LogP contribution >= 0.6 is 0 Å². The molecule has 0 aliphatic carbocycles. The number of rotatable bonds is 7. The monoisotopic (exact) mass is 349 g/mol. The first-order valence-electron chi connectivity index (χ1n) is 9.68. The molecule has 0 saturated heterocycles. The van der Waals surface area contributed by atoms with Gasteiger partial charge in [-0.05, 0) is 48.4 Å². The van der Waals surface area contributed by atoms with Crippen LogP contribution in [0.15, 0.2) is 54.6 Å². The van der Waals surface area contributed by atoms with Crippen molar-refractivity contribution >= 4 is 27.5 Å². The molecule has 0 bridgehead atoms. The van der Waals surface area contributed by atoms with Crippen LogP contribution in [0.1, 0.15) is 31.1 Å². The molecule has 0 spiro atoms. The SMILES string of the molecule is CC[N+](CC)(CC)CCNC(=O)c1c2ccccc2cc2ccccc12. The first-order valence-corrected chi connectivity index (χ1v) is 9.68. The molecule has 0 unspecified atom stereocenters. The van der Waals surface area contributed by atoms with E-state index in [4.69, 9.17) is 0 Å². The van der Waals surface area contributed by atoms with E-state index in [0.29, 0.717) is 6.54 Å². The van der Waals surface area contributed by atoms with Crippen molar-refractivity contribution < 1.29 is 9.28 Å². The Hall–Kier alpha value is -2.39. The summed E-state index contributed by atoms with van der Waals surface area (Å²) in [6.45, 7) is 11.6. The second-order valence-electron chi connectivity index (χ2n) is 6.96. The van der Waals surface area contributed by atoms with E-state index in [9.17, 15) is 4.79 Å². The van der Waals surface area contributed by atoms with Gasteiger partial charge in [0.15, 0.2) is 0 Å². The van der Waals surface area contributed by atoms with Gasteiger partial charge < -0.3 is 9.80 Å². The molecule has 0 aliphatic heterocycles. The summed E-state index contributed by atoms with van der Waals surface area (Å²) in [5.41, 5.74) is 0.793. The first kappa shape index (κ1) is 18.4. The maximum Gasteiger partial charge on any atom is 0.252 e. The van der Waals surface area contributed by atoms with Gasteiger partial charge in [-0.1, -0.05) is 48.5 Å². The fourth-order valence-corrected chi connectivity index (χ4v) is 3.90. The molecule has 0 heterocycles. The number of carbonyl (C=O) groups is 1. The Labute approximate surface area is 156 Å². The van der Waals surface area contributed by atoms with Gasteiger partial charge in [-0.15, -0.1) is 0 Å². The van der Waals surface area contributed by atoms with Gasteiger partial charge in [-0.2, -0.15) is 0 Å². The lowest BCUT2D eigenvalue weighted by Crippen LogP contribution is -2.51. The molecule has 0 aliphatic rings. The zero-order valence-electron chi connectivity index (χ0n) is 16.1. The third-order valence-electron chi connectivity index (χ3n) is 5.88. The number of benzene rings is 3. The van der Waals surface area contributed by atoms with Gasteiger partial charge in [-0.25, -0.2) is 0 Å². The average Bonchev–Trinajstić information content (AvgIpc) is 2.69. The number of hydrogen-bond donors (Lipinski definition) is 1. The second kappa shape index (κ2) is 7.88. The third-order valence-corrected chi connectivity index (χ3v) is 5.88. The van der Waals surface area contributed by atoms with Crippen molar-refractivity contribution in [3.8, 4) is 0 Å². The van der Waals surface area contributed by atoms with Crippen LogP contribution in [0.5, 0.6) is 0 Å². The number of fused-ring (bicyclic) bond motifs is 2. The predicted molar refractivity (Wildman–Crippen MR) is 111 cm³/mol. The maximum absolute atomic E-state index is 13.1. The van der Waals surface area contributed by atoms with Gasteiger partial charge in [0.1, 0.15) is 0 Å². The van der Waals surface area contributed by atoms with E-state index in [1.165, 1.54) is 0 Å². The Morgan fingerprint density at radius 3 is 1.85 bits per heavy atom. The van der Waals surface area contributed by atoms with E-state index in [2.05, 4.69) is 44.3 Å². The molecule has 3 aromatic rings. The van der Waals surface area contributed by atoms with Gasteiger partial charge in [-0.3, -0.25) is 4.79 Å². The highest BCUT2D eigenvalue weighted by atomic mass is 16.1. The number of nitrogens with one attached hydrogen (secondary N) is 1. The highest BCUT2D eigenvalue weighted by Gasteiger charge is 2.21. The summed E-state index contributed by atoms with van der Waals surface area (Å²) in [6, 6.07) is 18.4. The minimum Gasteiger partial charge on any atom is -0.346 e. The van der Waals surface area contributed by atoms with Crippen LogP contribution in [0.4, 0.5) is 0 Å². The number of amides is 1. The minimum atomic E-state index is 0.0272. The van der Waals surface area contributed by atoms with E-state index in [-0.39, 0.29) is 5.91 Å². The predicted octanol–water partition coefficient (Wildman–Crippen LogP) is 4.60. The van der Waals surface area contributed by atoms with Crippen molar-refractivity contribution in [2.75, 3.05) is 32.7 Å². The Morgan fingerprint density at radius 1 is 0.846 bits per heavy atom. The van der Waals surface area contributed by atoms with E-state index >= 15 is 0 Å². The van der Waals surface area contributed by atoms with Crippen LogP contribution in [0.3, 0.4) is 0 Å². The lowest BCUT2D eigenvalue weighted by Gasteiger charge is -2.35. The maximum atomic E-state index is 13.1. The molecule has 3 heteroatoms. The molecule has 0 radical (unpaired) electrons. The van der Waals surface area contributed by atoms with Gasteiger partial charge >= 0.3 is 0 Å². The molecule has 0 atom stereocenters. The van der Waals surface area contributed by atoms with Gasteiger partial charge in [0.2, 0.25) is 0 Å². The standard InChI is InChI=1S/C23H28N2O/c1-4-25(5-2,6-3)16-15-24-23(26)22-20-13-9-7-11-18(20)17-19-12-8-10-14-21(19)22/h7-14,17H,4-6,15-16H2,1-3H3/p+1.